The van der Waals surface area contributed by atoms with Crippen LogP contribution in [-0.4, -0.2) is 11.7 Å². The lowest BCUT2D eigenvalue weighted by Gasteiger charge is -2.19. The monoisotopic (exact) mass is 157 g/mol. The molecule has 1 rings (SSSR count). The fourth-order valence-corrected chi connectivity index (χ4v) is 1.47. The lowest BCUT2D eigenvalue weighted by atomic mass is 10.0. The van der Waals surface area contributed by atoms with E-state index in [4.69, 9.17) is 5.73 Å². The van der Waals surface area contributed by atoms with Crippen LogP contribution in [0.15, 0.2) is 16.8 Å². The summed E-state index contributed by atoms with van der Waals surface area (Å²) < 4.78 is 0. The summed E-state index contributed by atoms with van der Waals surface area (Å²) in [4.78, 5) is 0. The van der Waals surface area contributed by atoms with Crippen molar-refractivity contribution in [3.05, 3.63) is 22.4 Å². The molecule has 3 heteroatoms. The molecule has 0 fully saturated rings. The molecule has 0 radical (unpaired) electrons. The summed E-state index contributed by atoms with van der Waals surface area (Å²) in [5, 5.41) is 13.4. The summed E-state index contributed by atoms with van der Waals surface area (Å²) in [7, 11) is 0. The molecule has 0 spiro atoms. The zero-order valence-electron chi connectivity index (χ0n) is 5.87. The summed E-state index contributed by atoms with van der Waals surface area (Å²) in [5.74, 6) is 0. The zero-order valence-corrected chi connectivity index (χ0v) is 6.69. The third-order valence-electron chi connectivity index (χ3n) is 1.54. The van der Waals surface area contributed by atoms with Gasteiger partial charge in [0.2, 0.25) is 0 Å². The summed E-state index contributed by atoms with van der Waals surface area (Å²) >= 11 is 1.57. The first-order chi connectivity index (χ1) is 4.67. The summed E-state index contributed by atoms with van der Waals surface area (Å²) in [6, 6.07) is 1.89. The van der Waals surface area contributed by atoms with Crippen molar-refractivity contribution >= 4 is 11.3 Å². The van der Waals surface area contributed by atoms with Gasteiger partial charge in [-0.25, -0.2) is 0 Å². The minimum absolute atomic E-state index is 0.268. The van der Waals surface area contributed by atoms with Crippen molar-refractivity contribution in [3.63, 3.8) is 0 Å². The third kappa shape index (κ3) is 1.37. The van der Waals surface area contributed by atoms with Crippen LogP contribution in [0.2, 0.25) is 0 Å². The summed E-state index contributed by atoms with van der Waals surface area (Å²) in [6.45, 7) is 1.98. The Morgan fingerprint density at radius 3 is 2.90 bits per heavy atom. The number of nitrogens with two attached hydrogens (primary N) is 1. The highest BCUT2D eigenvalue weighted by molar-refractivity contribution is 7.08. The van der Waals surface area contributed by atoms with Gasteiger partial charge in [-0.15, -0.1) is 0 Å². The quantitative estimate of drug-likeness (QED) is 0.670. The number of rotatable bonds is 2. The van der Waals surface area contributed by atoms with E-state index in [1.165, 1.54) is 0 Å². The molecule has 0 aliphatic heterocycles. The highest BCUT2D eigenvalue weighted by atomic mass is 32.1. The molecule has 0 aromatic carbocycles. The molecule has 0 aliphatic carbocycles. The van der Waals surface area contributed by atoms with Crippen LogP contribution in [0, 0.1) is 0 Å². The van der Waals surface area contributed by atoms with E-state index in [-0.39, 0.29) is 6.54 Å². The number of hydrogen-bond donors (Lipinski definition) is 2. The summed E-state index contributed by atoms with van der Waals surface area (Å²) in [6.07, 6.45) is 0. The van der Waals surface area contributed by atoms with Crippen LogP contribution < -0.4 is 5.73 Å². The average molecular weight is 157 g/mol. The van der Waals surface area contributed by atoms with Crippen LogP contribution in [0.5, 0.6) is 0 Å². The van der Waals surface area contributed by atoms with E-state index in [9.17, 15) is 5.11 Å². The van der Waals surface area contributed by atoms with Crippen LogP contribution in [0.1, 0.15) is 12.5 Å². The normalized spacial score (nSPS) is 16.7. The highest BCUT2D eigenvalue weighted by Gasteiger charge is 2.20. The van der Waals surface area contributed by atoms with Crippen LogP contribution in [0.4, 0.5) is 0 Å². The average Bonchev–Trinajstić information content (AvgIpc) is 2.38. The molecule has 0 amide bonds. The molecule has 2 nitrogen and oxygen atoms in total. The minimum atomic E-state index is -0.847. The van der Waals surface area contributed by atoms with E-state index < -0.39 is 5.60 Å². The first kappa shape index (κ1) is 7.72. The van der Waals surface area contributed by atoms with Gasteiger partial charge in [0.15, 0.2) is 0 Å². The Morgan fingerprint density at radius 1 is 1.80 bits per heavy atom. The van der Waals surface area contributed by atoms with Crippen molar-refractivity contribution in [1.82, 2.24) is 0 Å². The van der Waals surface area contributed by atoms with Crippen molar-refractivity contribution in [1.29, 1.82) is 0 Å². The zero-order chi connectivity index (χ0) is 7.61. The molecule has 1 aromatic heterocycles. The Morgan fingerprint density at radius 2 is 2.50 bits per heavy atom. The van der Waals surface area contributed by atoms with E-state index in [2.05, 4.69) is 0 Å². The van der Waals surface area contributed by atoms with Gasteiger partial charge in [0.1, 0.15) is 0 Å². The fourth-order valence-electron chi connectivity index (χ4n) is 0.689. The number of hydrogen-bond acceptors (Lipinski definition) is 3. The Labute approximate surface area is 64.3 Å². The van der Waals surface area contributed by atoms with Crippen molar-refractivity contribution < 1.29 is 5.11 Å². The SMILES string of the molecule is C[C@](O)(CN)c1ccsc1. The van der Waals surface area contributed by atoms with Gasteiger partial charge < -0.3 is 10.8 Å². The molecule has 1 heterocycles. The molecule has 10 heavy (non-hydrogen) atoms. The largest absolute Gasteiger partial charge is 0.384 e. The predicted molar refractivity (Wildman–Crippen MR) is 42.9 cm³/mol. The number of thiophene rings is 1. The molecule has 56 valence electrons. The second-order valence-corrected chi connectivity index (χ2v) is 3.27. The summed E-state index contributed by atoms with van der Waals surface area (Å²) in [5.41, 5.74) is 5.41. The van der Waals surface area contributed by atoms with Crippen molar-refractivity contribution in [2.24, 2.45) is 5.73 Å². The molecule has 0 unspecified atom stereocenters. The van der Waals surface area contributed by atoms with E-state index in [1.807, 2.05) is 16.8 Å². The van der Waals surface area contributed by atoms with Crippen LogP contribution in [0.25, 0.3) is 0 Å². The Bertz CT molecular complexity index is 193. The van der Waals surface area contributed by atoms with Gasteiger partial charge in [-0.1, -0.05) is 0 Å². The van der Waals surface area contributed by atoms with Crippen LogP contribution in [-0.2, 0) is 5.60 Å². The minimum Gasteiger partial charge on any atom is -0.384 e. The maximum Gasteiger partial charge on any atom is 0.0998 e. The van der Waals surface area contributed by atoms with Gasteiger partial charge in [0, 0.05) is 6.54 Å². The first-order valence-corrected chi connectivity index (χ1v) is 4.06. The van der Waals surface area contributed by atoms with E-state index in [0.29, 0.717) is 0 Å². The Hall–Kier alpha value is -0.380. The molecular formula is C7H11NOS. The Balaban J connectivity index is 2.85. The van der Waals surface area contributed by atoms with Crippen LogP contribution >= 0.6 is 11.3 Å². The standard InChI is InChI=1S/C7H11NOS/c1-7(9,5-8)6-2-3-10-4-6/h2-4,9H,5,8H2,1H3/t7-/m0/s1. The molecule has 3 N–H and O–H groups in total. The van der Waals surface area contributed by atoms with Gasteiger partial charge in [-0.3, -0.25) is 0 Å². The lowest BCUT2D eigenvalue weighted by Crippen LogP contribution is -2.30. The smallest absolute Gasteiger partial charge is 0.0998 e. The molecule has 1 aromatic rings. The van der Waals surface area contributed by atoms with Crippen molar-refractivity contribution in [3.8, 4) is 0 Å². The van der Waals surface area contributed by atoms with Gasteiger partial charge in [0.05, 0.1) is 5.60 Å². The van der Waals surface area contributed by atoms with Gasteiger partial charge in [0.25, 0.3) is 0 Å². The Kier molecular flexibility index (Phi) is 2.08. The maximum absolute atomic E-state index is 9.57. The fraction of sp³-hybridized carbons (Fsp3) is 0.429. The molecule has 0 aliphatic rings. The number of aliphatic hydroxyl groups is 1. The molecule has 0 bridgehead atoms. The highest BCUT2D eigenvalue weighted by Crippen LogP contribution is 2.20. The van der Waals surface area contributed by atoms with Crippen molar-refractivity contribution in [2.45, 2.75) is 12.5 Å². The molecule has 0 saturated carbocycles. The molecule has 0 saturated heterocycles. The second-order valence-electron chi connectivity index (χ2n) is 2.49. The van der Waals surface area contributed by atoms with Gasteiger partial charge in [-0.2, -0.15) is 11.3 Å². The maximum atomic E-state index is 9.57. The van der Waals surface area contributed by atoms with Crippen LogP contribution in [0.3, 0.4) is 0 Å². The van der Waals surface area contributed by atoms with Crippen molar-refractivity contribution in [2.75, 3.05) is 6.54 Å². The van der Waals surface area contributed by atoms with E-state index >= 15 is 0 Å². The van der Waals surface area contributed by atoms with Gasteiger partial charge >= 0.3 is 0 Å². The predicted octanol–water partition coefficient (Wildman–Crippen LogP) is 0.914. The second kappa shape index (κ2) is 2.70. The molecule has 1 atom stereocenters. The third-order valence-corrected chi connectivity index (χ3v) is 2.22. The molecular weight excluding hydrogens is 146 g/mol. The van der Waals surface area contributed by atoms with E-state index in [1.54, 1.807) is 18.3 Å². The van der Waals surface area contributed by atoms with Gasteiger partial charge in [-0.05, 0) is 29.3 Å². The van der Waals surface area contributed by atoms with E-state index in [0.717, 1.165) is 5.56 Å². The topological polar surface area (TPSA) is 46.2 Å². The lowest BCUT2D eigenvalue weighted by molar-refractivity contribution is 0.0673. The first-order valence-electron chi connectivity index (χ1n) is 3.12.